The van der Waals surface area contributed by atoms with Crippen LogP contribution in [0.2, 0.25) is 0 Å². The summed E-state index contributed by atoms with van der Waals surface area (Å²) in [4.78, 5) is 37.5. The number of hydrogen-bond donors (Lipinski definition) is 1. The molecule has 0 aliphatic heterocycles. The Bertz CT molecular complexity index is 947. The molecule has 0 saturated heterocycles. The van der Waals surface area contributed by atoms with Crippen LogP contribution < -0.4 is 10.1 Å². The van der Waals surface area contributed by atoms with Crippen LogP contribution in [0.15, 0.2) is 18.2 Å². The first-order chi connectivity index (χ1) is 14.1. The van der Waals surface area contributed by atoms with Crippen LogP contribution in [-0.4, -0.2) is 37.2 Å². The number of aryl methyl sites for hydroxylation is 2. The zero-order chi connectivity index (χ0) is 22.4. The molecule has 1 aromatic carbocycles. The number of anilines is 1. The largest absolute Gasteiger partial charge is 0.484 e. The van der Waals surface area contributed by atoms with Gasteiger partial charge in [0.2, 0.25) is 0 Å². The van der Waals surface area contributed by atoms with Crippen molar-refractivity contribution in [3.8, 4) is 5.75 Å². The standard InChI is InChI=1S/C22H27NO6S/c1-7-27-21(25)18-15(6)19(22(26)29-12(2)3)30-20(18)23-17(24)11-28-16-9-8-13(4)14(5)10-16/h8-10,12H,7,11H2,1-6H3,(H,23,24). The number of hydrogen-bond acceptors (Lipinski definition) is 7. The van der Waals surface area contributed by atoms with Gasteiger partial charge in [-0.15, -0.1) is 11.3 Å². The molecule has 1 aromatic heterocycles. The number of ether oxygens (including phenoxy) is 3. The van der Waals surface area contributed by atoms with Crippen LogP contribution in [0.3, 0.4) is 0 Å². The third-order valence-electron chi connectivity index (χ3n) is 4.26. The number of nitrogens with one attached hydrogen (secondary N) is 1. The lowest BCUT2D eigenvalue weighted by atomic mass is 10.1. The van der Waals surface area contributed by atoms with Crippen molar-refractivity contribution in [2.75, 3.05) is 18.5 Å². The van der Waals surface area contributed by atoms with Crippen molar-refractivity contribution in [3.05, 3.63) is 45.3 Å². The molecular weight excluding hydrogens is 406 g/mol. The normalized spacial score (nSPS) is 10.6. The van der Waals surface area contributed by atoms with Gasteiger partial charge in [0.25, 0.3) is 5.91 Å². The van der Waals surface area contributed by atoms with Crippen molar-refractivity contribution in [2.45, 2.75) is 47.6 Å². The zero-order valence-corrected chi connectivity index (χ0v) is 18.9. The van der Waals surface area contributed by atoms with E-state index in [1.165, 1.54) is 0 Å². The van der Waals surface area contributed by atoms with Gasteiger partial charge in [0.15, 0.2) is 6.61 Å². The summed E-state index contributed by atoms with van der Waals surface area (Å²) in [7, 11) is 0. The predicted octanol–water partition coefficient (Wildman–Crippen LogP) is 4.43. The number of rotatable bonds is 8. The van der Waals surface area contributed by atoms with Crippen LogP contribution in [0.4, 0.5) is 5.00 Å². The van der Waals surface area contributed by atoms with E-state index in [0.29, 0.717) is 11.3 Å². The van der Waals surface area contributed by atoms with Crippen LogP contribution in [0.5, 0.6) is 5.75 Å². The summed E-state index contributed by atoms with van der Waals surface area (Å²) in [6.45, 7) is 10.7. The molecule has 0 aliphatic rings. The number of thiophene rings is 1. The van der Waals surface area contributed by atoms with E-state index in [1.807, 2.05) is 26.0 Å². The van der Waals surface area contributed by atoms with E-state index in [9.17, 15) is 14.4 Å². The monoisotopic (exact) mass is 433 g/mol. The second kappa shape index (κ2) is 10.2. The second-order valence-electron chi connectivity index (χ2n) is 7.02. The Morgan fingerprint density at radius 3 is 2.37 bits per heavy atom. The molecular formula is C22H27NO6S. The molecule has 2 aromatic rings. The third-order valence-corrected chi connectivity index (χ3v) is 5.44. The van der Waals surface area contributed by atoms with Gasteiger partial charge < -0.3 is 19.5 Å². The average Bonchev–Trinajstić information content (AvgIpc) is 2.98. The Balaban J connectivity index is 2.21. The molecule has 8 heteroatoms. The molecule has 0 radical (unpaired) electrons. The summed E-state index contributed by atoms with van der Waals surface area (Å²) < 4.78 is 15.9. The van der Waals surface area contributed by atoms with E-state index in [2.05, 4.69) is 5.32 Å². The maximum absolute atomic E-state index is 12.4. The summed E-state index contributed by atoms with van der Waals surface area (Å²) >= 11 is 0.982. The van der Waals surface area contributed by atoms with Gasteiger partial charge >= 0.3 is 11.9 Å². The fourth-order valence-electron chi connectivity index (χ4n) is 2.63. The molecule has 0 saturated carbocycles. The number of carbonyl (C=O) groups excluding carboxylic acids is 3. The fraction of sp³-hybridized carbons (Fsp3) is 0.409. The van der Waals surface area contributed by atoms with Crippen LogP contribution in [0.25, 0.3) is 0 Å². The number of amides is 1. The van der Waals surface area contributed by atoms with Crippen molar-refractivity contribution >= 4 is 34.2 Å². The van der Waals surface area contributed by atoms with Gasteiger partial charge in [-0.1, -0.05) is 6.07 Å². The summed E-state index contributed by atoms with van der Waals surface area (Å²) in [5.74, 6) is -1.05. The maximum atomic E-state index is 12.4. The molecule has 30 heavy (non-hydrogen) atoms. The van der Waals surface area contributed by atoms with Gasteiger partial charge in [-0.3, -0.25) is 4.79 Å². The summed E-state index contributed by atoms with van der Waals surface area (Å²) in [5, 5.41) is 2.89. The van der Waals surface area contributed by atoms with Crippen molar-refractivity contribution in [1.29, 1.82) is 0 Å². The Labute approximate surface area is 180 Å². The van der Waals surface area contributed by atoms with Crippen molar-refractivity contribution in [1.82, 2.24) is 0 Å². The van der Waals surface area contributed by atoms with Crippen molar-refractivity contribution in [3.63, 3.8) is 0 Å². The number of esters is 2. The quantitative estimate of drug-likeness (QED) is 0.619. The van der Waals surface area contributed by atoms with Crippen molar-refractivity contribution in [2.24, 2.45) is 0 Å². The Morgan fingerprint density at radius 1 is 1.07 bits per heavy atom. The Hall–Kier alpha value is -2.87. The SMILES string of the molecule is CCOC(=O)c1c(NC(=O)COc2ccc(C)c(C)c2)sc(C(=O)OC(C)C)c1C. The Morgan fingerprint density at radius 2 is 1.77 bits per heavy atom. The lowest BCUT2D eigenvalue weighted by molar-refractivity contribution is -0.118. The minimum atomic E-state index is -0.611. The van der Waals surface area contributed by atoms with E-state index < -0.39 is 17.8 Å². The lowest BCUT2D eigenvalue weighted by Crippen LogP contribution is -2.21. The molecule has 7 nitrogen and oxygen atoms in total. The van der Waals surface area contributed by atoms with E-state index in [4.69, 9.17) is 14.2 Å². The molecule has 0 atom stereocenters. The highest BCUT2D eigenvalue weighted by atomic mass is 32.1. The van der Waals surface area contributed by atoms with Gasteiger partial charge in [-0.25, -0.2) is 9.59 Å². The molecule has 1 amide bonds. The van der Waals surface area contributed by atoms with Gasteiger partial charge in [0.1, 0.15) is 15.6 Å². The predicted molar refractivity (Wildman–Crippen MR) is 116 cm³/mol. The van der Waals surface area contributed by atoms with Gasteiger partial charge in [-0.05, 0) is 70.4 Å². The third kappa shape index (κ3) is 5.82. The van der Waals surface area contributed by atoms with Gasteiger partial charge in [0, 0.05) is 0 Å². The maximum Gasteiger partial charge on any atom is 0.348 e. The second-order valence-corrected chi connectivity index (χ2v) is 8.04. The molecule has 0 unspecified atom stereocenters. The van der Waals surface area contributed by atoms with Crippen LogP contribution in [0.1, 0.15) is 57.5 Å². The van der Waals surface area contributed by atoms with E-state index in [1.54, 1.807) is 33.8 Å². The van der Waals surface area contributed by atoms with E-state index >= 15 is 0 Å². The van der Waals surface area contributed by atoms with E-state index in [0.717, 1.165) is 22.5 Å². The topological polar surface area (TPSA) is 90.9 Å². The first kappa shape index (κ1) is 23.4. The molecule has 162 valence electrons. The average molecular weight is 434 g/mol. The highest BCUT2D eigenvalue weighted by Gasteiger charge is 2.27. The molecule has 0 spiro atoms. The smallest absolute Gasteiger partial charge is 0.348 e. The number of benzene rings is 1. The molecule has 0 bridgehead atoms. The number of carbonyl (C=O) groups is 3. The molecule has 0 fully saturated rings. The van der Waals surface area contributed by atoms with Crippen molar-refractivity contribution < 1.29 is 28.6 Å². The summed E-state index contributed by atoms with van der Waals surface area (Å²) in [5.41, 5.74) is 2.74. The molecule has 1 heterocycles. The highest BCUT2D eigenvalue weighted by Crippen LogP contribution is 2.34. The minimum absolute atomic E-state index is 0.150. The van der Waals surface area contributed by atoms with Crippen LogP contribution in [0, 0.1) is 20.8 Å². The Kier molecular flexibility index (Phi) is 8.00. The first-order valence-electron chi connectivity index (χ1n) is 9.65. The lowest BCUT2D eigenvalue weighted by Gasteiger charge is -2.09. The zero-order valence-electron chi connectivity index (χ0n) is 18.1. The summed E-state index contributed by atoms with van der Waals surface area (Å²) in [6.07, 6.45) is -0.311. The van der Waals surface area contributed by atoms with Crippen LogP contribution in [-0.2, 0) is 14.3 Å². The highest BCUT2D eigenvalue weighted by molar-refractivity contribution is 7.18. The summed E-state index contributed by atoms with van der Waals surface area (Å²) in [6, 6.07) is 5.55. The van der Waals surface area contributed by atoms with Gasteiger partial charge in [-0.2, -0.15) is 0 Å². The first-order valence-corrected chi connectivity index (χ1v) is 10.5. The van der Waals surface area contributed by atoms with Gasteiger partial charge in [0.05, 0.1) is 18.3 Å². The van der Waals surface area contributed by atoms with E-state index in [-0.39, 0.29) is 34.8 Å². The molecule has 2 rings (SSSR count). The molecule has 1 N–H and O–H groups in total. The molecule has 0 aliphatic carbocycles. The minimum Gasteiger partial charge on any atom is -0.484 e. The van der Waals surface area contributed by atoms with Crippen LogP contribution >= 0.6 is 11.3 Å². The fourth-order valence-corrected chi connectivity index (χ4v) is 3.72.